The van der Waals surface area contributed by atoms with E-state index in [1.165, 1.54) is 180 Å². The molecule has 3 unspecified atom stereocenters. The Morgan fingerprint density at radius 3 is 1.24 bits per heavy atom. The maximum atomic E-state index is 13.3. The number of allylic oxidation sites excluding steroid dienone is 8. The summed E-state index contributed by atoms with van der Waals surface area (Å²) in [5.41, 5.74) is 0. The Morgan fingerprint density at radius 1 is 0.441 bits per heavy atom. The molecule has 0 aliphatic heterocycles. The molecule has 0 spiro atoms. The van der Waals surface area contributed by atoms with Gasteiger partial charge in [-0.15, -0.1) is 0 Å². The number of carbonyl (C=O) groups excluding carboxylic acids is 2. The summed E-state index contributed by atoms with van der Waals surface area (Å²) < 4.78 is 5.96. The Morgan fingerprint density at radius 2 is 0.809 bits per heavy atom. The van der Waals surface area contributed by atoms with Crippen molar-refractivity contribution in [3.8, 4) is 0 Å². The average Bonchev–Trinajstić information content (AvgIpc) is 3.33. The molecule has 0 rings (SSSR count). The molecule has 0 aromatic rings. The number of unbranched alkanes of at least 4 members (excludes halogenated alkanes) is 36. The molecular formula is C62H115NO5. The zero-order valence-electron chi connectivity index (χ0n) is 45.5. The number of carbonyl (C=O) groups is 2. The fourth-order valence-corrected chi connectivity index (χ4v) is 9.19. The molecule has 0 radical (unpaired) electrons. The summed E-state index contributed by atoms with van der Waals surface area (Å²) >= 11 is 0. The zero-order valence-corrected chi connectivity index (χ0v) is 45.5. The smallest absolute Gasteiger partial charge is 0.306 e. The predicted octanol–water partition coefficient (Wildman–Crippen LogP) is 18.6. The highest BCUT2D eigenvalue weighted by Gasteiger charge is 2.24. The van der Waals surface area contributed by atoms with E-state index in [9.17, 15) is 19.8 Å². The van der Waals surface area contributed by atoms with Gasteiger partial charge in [-0.3, -0.25) is 9.59 Å². The summed E-state index contributed by atoms with van der Waals surface area (Å²) in [5, 5.41) is 23.9. The van der Waals surface area contributed by atoms with Crippen molar-refractivity contribution in [2.75, 3.05) is 6.61 Å². The lowest BCUT2D eigenvalue weighted by atomic mass is 10.0. The van der Waals surface area contributed by atoms with Crippen molar-refractivity contribution in [2.45, 2.75) is 328 Å². The maximum absolute atomic E-state index is 13.3. The Labute approximate surface area is 423 Å². The lowest BCUT2D eigenvalue weighted by Gasteiger charge is -2.24. The predicted molar refractivity (Wildman–Crippen MR) is 296 cm³/mol. The number of esters is 1. The monoisotopic (exact) mass is 954 g/mol. The number of amides is 1. The topological polar surface area (TPSA) is 95.9 Å². The van der Waals surface area contributed by atoms with Crippen molar-refractivity contribution < 1.29 is 24.5 Å². The van der Waals surface area contributed by atoms with E-state index in [-0.39, 0.29) is 24.9 Å². The van der Waals surface area contributed by atoms with Crippen molar-refractivity contribution in [1.82, 2.24) is 5.32 Å². The van der Waals surface area contributed by atoms with Crippen molar-refractivity contribution >= 4 is 11.9 Å². The van der Waals surface area contributed by atoms with Gasteiger partial charge in [0.05, 0.1) is 25.2 Å². The third kappa shape index (κ3) is 50.2. The average molecular weight is 955 g/mol. The van der Waals surface area contributed by atoms with Crippen LogP contribution in [-0.4, -0.2) is 46.9 Å². The summed E-state index contributed by atoms with van der Waals surface area (Å²) in [6, 6.07) is -0.709. The maximum Gasteiger partial charge on any atom is 0.306 e. The van der Waals surface area contributed by atoms with Gasteiger partial charge in [0.1, 0.15) is 6.10 Å². The van der Waals surface area contributed by atoms with Crippen molar-refractivity contribution in [3.05, 3.63) is 48.6 Å². The van der Waals surface area contributed by atoms with E-state index < -0.39 is 18.2 Å². The van der Waals surface area contributed by atoms with Crippen molar-refractivity contribution in [2.24, 2.45) is 0 Å². The Hall–Kier alpha value is -2.18. The molecule has 0 fully saturated rings. The molecule has 6 heteroatoms. The van der Waals surface area contributed by atoms with Gasteiger partial charge in [0.15, 0.2) is 0 Å². The van der Waals surface area contributed by atoms with Gasteiger partial charge in [-0.2, -0.15) is 0 Å². The van der Waals surface area contributed by atoms with Crippen LogP contribution < -0.4 is 5.32 Å². The molecule has 3 N–H and O–H groups in total. The number of nitrogens with one attached hydrogen (secondary N) is 1. The van der Waals surface area contributed by atoms with Crippen molar-refractivity contribution in [3.63, 3.8) is 0 Å². The van der Waals surface area contributed by atoms with Crippen LogP contribution in [0.4, 0.5) is 0 Å². The first-order valence-corrected chi connectivity index (χ1v) is 29.9. The first-order valence-electron chi connectivity index (χ1n) is 29.9. The molecule has 1 amide bonds. The molecule has 0 heterocycles. The molecular weight excluding hydrogens is 839 g/mol. The highest BCUT2D eigenvalue weighted by molar-refractivity contribution is 5.77. The third-order valence-corrected chi connectivity index (χ3v) is 13.7. The summed E-state index contributed by atoms with van der Waals surface area (Å²) in [6.45, 7) is 6.38. The van der Waals surface area contributed by atoms with E-state index in [1.807, 2.05) is 0 Å². The standard InChI is InChI=1S/C62H115NO5/c1-4-7-10-13-16-19-22-25-27-29-30-32-34-37-40-43-46-49-52-55-62(67)68-58(53-50-47-44-41-38-35-24-21-18-15-12-9-6-3)56-61(66)63-59(57-64)60(65)54-51-48-45-42-39-36-33-31-28-26-23-20-17-14-11-8-5-2/h9,12,15,18,21,24-25,27,58-60,64-65H,4-8,10-11,13-14,16-17,19-20,22-23,26,28-57H2,1-3H3,(H,63,66)/b12-9+,18-15+,24-21+,27-25+. The Bertz CT molecular complexity index is 1160. The van der Waals surface area contributed by atoms with Gasteiger partial charge in [0.25, 0.3) is 0 Å². The molecule has 0 aliphatic carbocycles. The van der Waals surface area contributed by atoms with Crippen LogP contribution in [0.15, 0.2) is 48.6 Å². The van der Waals surface area contributed by atoms with E-state index in [0.717, 1.165) is 83.5 Å². The summed E-state index contributed by atoms with van der Waals surface area (Å²) in [7, 11) is 0. The fourth-order valence-electron chi connectivity index (χ4n) is 9.19. The van der Waals surface area contributed by atoms with Crippen molar-refractivity contribution in [1.29, 1.82) is 0 Å². The lowest BCUT2D eigenvalue weighted by Crippen LogP contribution is -2.46. The summed E-state index contributed by atoms with van der Waals surface area (Å²) in [4.78, 5) is 26.3. The normalized spacial score (nSPS) is 13.4. The minimum atomic E-state index is -0.795. The molecule has 0 aliphatic rings. The highest BCUT2D eigenvalue weighted by Crippen LogP contribution is 2.19. The van der Waals surface area contributed by atoms with Gasteiger partial charge in [-0.25, -0.2) is 0 Å². The van der Waals surface area contributed by atoms with Crippen LogP contribution in [0.3, 0.4) is 0 Å². The van der Waals surface area contributed by atoms with Crippen LogP contribution in [-0.2, 0) is 14.3 Å². The van der Waals surface area contributed by atoms with Crippen LogP contribution >= 0.6 is 0 Å². The quantitative estimate of drug-likeness (QED) is 0.0244. The summed E-state index contributed by atoms with van der Waals surface area (Å²) in [6.07, 6.45) is 69.0. The largest absolute Gasteiger partial charge is 0.462 e. The molecule has 0 aromatic carbocycles. The van der Waals surface area contributed by atoms with Gasteiger partial charge in [-0.1, -0.05) is 275 Å². The number of hydrogen-bond donors (Lipinski definition) is 3. The van der Waals surface area contributed by atoms with Gasteiger partial charge >= 0.3 is 5.97 Å². The van der Waals surface area contributed by atoms with Crippen LogP contribution in [0.1, 0.15) is 310 Å². The molecule has 3 atom stereocenters. The number of rotatable bonds is 54. The van der Waals surface area contributed by atoms with Gasteiger partial charge in [-0.05, 0) is 70.6 Å². The summed E-state index contributed by atoms with van der Waals surface area (Å²) in [5.74, 6) is -0.485. The number of aliphatic hydroxyl groups excluding tert-OH is 2. The number of hydrogen-bond acceptors (Lipinski definition) is 5. The van der Waals surface area contributed by atoms with Crippen LogP contribution in [0.25, 0.3) is 0 Å². The molecule has 0 aromatic heterocycles. The van der Waals surface area contributed by atoms with Gasteiger partial charge in [0, 0.05) is 6.42 Å². The second kappa shape index (κ2) is 55.7. The van der Waals surface area contributed by atoms with E-state index in [4.69, 9.17) is 4.74 Å². The van der Waals surface area contributed by atoms with Gasteiger partial charge in [0.2, 0.25) is 5.91 Å². The van der Waals surface area contributed by atoms with Crippen LogP contribution in [0.2, 0.25) is 0 Å². The highest BCUT2D eigenvalue weighted by atomic mass is 16.5. The first-order chi connectivity index (χ1) is 33.5. The van der Waals surface area contributed by atoms with Crippen LogP contribution in [0, 0.1) is 0 Å². The third-order valence-electron chi connectivity index (χ3n) is 13.7. The first kappa shape index (κ1) is 65.8. The molecule has 6 nitrogen and oxygen atoms in total. The lowest BCUT2D eigenvalue weighted by molar-refractivity contribution is -0.151. The molecule has 0 bridgehead atoms. The fraction of sp³-hybridized carbons (Fsp3) is 0.839. The minimum Gasteiger partial charge on any atom is -0.462 e. The number of ether oxygens (including phenoxy) is 1. The molecule has 0 saturated carbocycles. The Kier molecular flexibility index (Phi) is 54.0. The number of aliphatic hydroxyl groups is 2. The van der Waals surface area contributed by atoms with E-state index in [0.29, 0.717) is 19.3 Å². The SMILES string of the molecule is CC/C=C/C=C/C=C/CCCCCCCC(CC(=O)NC(CO)C(O)CCCCCCCCCCCCCCCCCCC)OC(=O)CCCCCCCCCCC/C=C/CCCCCCCC. The van der Waals surface area contributed by atoms with E-state index in [1.54, 1.807) is 0 Å². The molecule has 398 valence electrons. The minimum absolute atomic E-state index is 0.0648. The molecule has 68 heavy (non-hydrogen) atoms. The van der Waals surface area contributed by atoms with E-state index >= 15 is 0 Å². The molecule has 0 saturated heterocycles. The van der Waals surface area contributed by atoms with Gasteiger partial charge < -0.3 is 20.3 Å². The zero-order chi connectivity index (χ0) is 49.5. The Balaban J connectivity index is 4.48. The second-order valence-corrected chi connectivity index (χ2v) is 20.4. The van der Waals surface area contributed by atoms with Crippen LogP contribution in [0.5, 0.6) is 0 Å². The van der Waals surface area contributed by atoms with E-state index in [2.05, 4.69) is 74.7 Å². The second-order valence-electron chi connectivity index (χ2n) is 20.4.